The van der Waals surface area contributed by atoms with Crippen molar-refractivity contribution in [2.75, 3.05) is 0 Å². The summed E-state index contributed by atoms with van der Waals surface area (Å²) in [6, 6.07) is 11.7. The van der Waals surface area contributed by atoms with Crippen molar-refractivity contribution in [1.82, 2.24) is 0 Å². The second kappa shape index (κ2) is 5.89. The first-order valence-electron chi connectivity index (χ1n) is 7.51. The predicted molar refractivity (Wildman–Crippen MR) is 96.7 cm³/mol. The third kappa shape index (κ3) is 4.21. The number of carbonyl (C=O) groups is 1. The minimum atomic E-state index is -1.97. The Labute approximate surface area is 134 Å². The van der Waals surface area contributed by atoms with Gasteiger partial charge in [-0.25, -0.2) is 4.79 Å². The second-order valence-electron chi connectivity index (χ2n) is 7.38. The highest BCUT2D eigenvalue weighted by atomic mass is 28.4. The summed E-state index contributed by atoms with van der Waals surface area (Å²) in [6.07, 6.45) is 0. The average Bonchev–Trinajstić information content (AvgIpc) is 2.34. The van der Waals surface area contributed by atoms with Crippen LogP contribution in [-0.2, 0) is 4.43 Å². The summed E-state index contributed by atoms with van der Waals surface area (Å²) in [6.45, 7) is 12.3. The molecule has 0 bridgehead atoms. The van der Waals surface area contributed by atoms with E-state index in [1.54, 1.807) is 0 Å². The molecule has 0 aliphatic carbocycles. The van der Waals surface area contributed by atoms with Crippen molar-refractivity contribution < 1.29 is 13.6 Å². The van der Waals surface area contributed by atoms with Crippen LogP contribution < -0.4 is 4.43 Å². The highest BCUT2D eigenvalue weighted by molar-refractivity contribution is 6.71. The fourth-order valence-electron chi connectivity index (χ4n) is 2.21. The molecule has 2 aromatic carbocycles. The van der Waals surface area contributed by atoms with Gasteiger partial charge in [-0.05, 0) is 56.1 Å². The summed E-state index contributed by atoms with van der Waals surface area (Å²) in [7, 11) is -3.78. The number of benzene rings is 2. The van der Waals surface area contributed by atoms with Gasteiger partial charge in [0.25, 0.3) is 0 Å². The van der Waals surface area contributed by atoms with E-state index in [0.29, 0.717) is 11.3 Å². The minimum absolute atomic E-state index is 0.274. The molecule has 5 heteroatoms. The maximum Gasteiger partial charge on any atom is 0.329 e. The van der Waals surface area contributed by atoms with Crippen molar-refractivity contribution in [3.05, 3.63) is 42.0 Å². The van der Waals surface area contributed by atoms with E-state index in [4.69, 9.17) is 8.85 Å². The lowest BCUT2D eigenvalue weighted by Crippen LogP contribution is -2.32. The summed E-state index contributed by atoms with van der Waals surface area (Å²) >= 11 is 0. The number of rotatable bonds is 4. The molecule has 2 aromatic rings. The molecule has 0 atom stereocenters. The van der Waals surface area contributed by atoms with E-state index < -0.39 is 16.6 Å². The van der Waals surface area contributed by atoms with Crippen LogP contribution in [-0.4, -0.2) is 22.6 Å². The van der Waals surface area contributed by atoms with Crippen LogP contribution in [0.3, 0.4) is 0 Å². The average molecular weight is 333 g/mol. The van der Waals surface area contributed by atoms with E-state index in [1.165, 1.54) is 0 Å². The maximum absolute atomic E-state index is 12.7. The van der Waals surface area contributed by atoms with Gasteiger partial charge in [0, 0.05) is 0 Å². The minimum Gasteiger partial charge on any atom is -0.544 e. The van der Waals surface area contributed by atoms with Gasteiger partial charge in [-0.15, -0.1) is 0 Å². The first-order chi connectivity index (χ1) is 10.1. The zero-order valence-electron chi connectivity index (χ0n) is 14.2. The number of hydrogen-bond acceptors (Lipinski definition) is 3. The lowest BCUT2D eigenvalue weighted by molar-refractivity contribution is 0.0725. The fourth-order valence-corrected chi connectivity index (χ4v) is 3.69. The van der Waals surface area contributed by atoms with Gasteiger partial charge in [-0.3, -0.25) is 0 Å². The molecule has 118 valence electrons. The van der Waals surface area contributed by atoms with Gasteiger partial charge in [0.1, 0.15) is 11.3 Å². The van der Waals surface area contributed by atoms with E-state index in [1.807, 2.05) is 56.0 Å². The zero-order chi connectivity index (χ0) is 16.5. The van der Waals surface area contributed by atoms with E-state index in [-0.39, 0.29) is 5.97 Å². The molecule has 0 N–H and O–H groups in total. The monoisotopic (exact) mass is 332 g/mol. The molecule has 0 heterocycles. The molecule has 0 aromatic heterocycles. The van der Waals surface area contributed by atoms with Gasteiger partial charge >= 0.3 is 5.97 Å². The number of fused-ring (bicyclic) bond motifs is 1. The fraction of sp³-hybridized carbons (Fsp3) is 0.353. The topological polar surface area (TPSA) is 35.5 Å². The van der Waals surface area contributed by atoms with Gasteiger partial charge in [0.2, 0.25) is 16.6 Å². The van der Waals surface area contributed by atoms with Crippen LogP contribution in [0.1, 0.15) is 10.4 Å². The van der Waals surface area contributed by atoms with E-state index in [9.17, 15) is 4.79 Å². The van der Waals surface area contributed by atoms with Crippen molar-refractivity contribution in [2.24, 2.45) is 0 Å². The SMILES string of the molecule is C[Si](C)(C)OC(=O)c1c(O[Si](C)(C)C)ccc2ccccc12. The molecule has 0 saturated carbocycles. The number of hydrogen-bond donors (Lipinski definition) is 0. The van der Waals surface area contributed by atoms with E-state index >= 15 is 0 Å². The van der Waals surface area contributed by atoms with Crippen molar-refractivity contribution in [3.8, 4) is 5.75 Å². The summed E-state index contributed by atoms with van der Waals surface area (Å²) in [5, 5.41) is 1.91. The zero-order valence-corrected chi connectivity index (χ0v) is 16.2. The summed E-state index contributed by atoms with van der Waals surface area (Å²) in [4.78, 5) is 12.7. The van der Waals surface area contributed by atoms with Gasteiger partial charge in [-0.1, -0.05) is 30.3 Å². The van der Waals surface area contributed by atoms with Crippen LogP contribution in [0.25, 0.3) is 10.8 Å². The molecule has 0 spiro atoms. The summed E-state index contributed by atoms with van der Waals surface area (Å²) in [5.41, 5.74) is 0.558. The highest BCUT2D eigenvalue weighted by Gasteiger charge is 2.27. The van der Waals surface area contributed by atoms with Crippen LogP contribution in [0.2, 0.25) is 39.3 Å². The van der Waals surface area contributed by atoms with Crippen molar-refractivity contribution in [1.29, 1.82) is 0 Å². The molecule has 0 saturated heterocycles. The molecule has 0 aliphatic rings. The van der Waals surface area contributed by atoms with Gasteiger partial charge in [-0.2, -0.15) is 0 Å². The van der Waals surface area contributed by atoms with Crippen molar-refractivity contribution in [2.45, 2.75) is 39.3 Å². The molecule has 0 fully saturated rings. The Kier molecular flexibility index (Phi) is 4.49. The van der Waals surface area contributed by atoms with Gasteiger partial charge < -0.3 is 8.85 Å². The molecule has 22 heavy (non-hydrogen) atoms. The standard InChI is InChI=1S/C17H24O3Si2/c1-21(2,3)19-15-12-11-13-9-7-8-10-14(13)16(15)17(18)20-22(4,5)6/h7-12H,1-6H3. The first kappa shape index (κ1) is 16.8. The van der Waals surface area contributed by atoms with Crippen molar-refractivity contribution >= 4 is 33.4 Å². The largest absolute Gasteiger partial charge is 0.544 e. The maximum atomic E-state index is 12.7. The highest BCUT2D eigenvalue weighted by Crippen LogP contribution is 2.31. The molecule has 3 nitrogen and oxygen atoms in total. The Balaban J connectivity index is 2.60. The predicted octanol–water partition coefficient (Wildman–Crippen LogP) is 5.05. The molecule has 0 amide bonds. The van der Waals surface area contributed by atoms with Crippen LogP contribution in [0.5, 0.6) is 5.75 Å². The summed E-state index contributed by atoms with van der Waals surface area (Å²) in [5.74, 6) is 0.366. The smallest absolute Gasteiger partial charge is 0.329 e. The van der Waals surface area contributed by atoms with Crippen LogP contribution >= 0.6 is 0 Å². The van der Waals surface area contributed by atoms with E-state index in [0.717, 1.165) is 10.8 Å². The first-order valence-corrected chi connectivity index (χ1v) is 14.3. The quantitative estimate of drug-likeness (QED) is 0.735. The Bertz CT molecular complexity index is 697. The third-order valence-electron chi connectivity index (χ3n) is 2.91. The van der Waals surface area contributed by atoms with E-state index in [2.05, 4.69) is 19.6 Å². The third-order valence-corrected chi connectivity index (χ3v) is 4.54. The lowest BCUT2D eigenvalue weighted by atomic mass is 10.0. The number of carbonyl (C=O) groups excluding carboxylic acids is 1. The van der Waals surface area contributed by atoms with Gasteiger partial charge in [0.15, 0.2) is 0 Å². The molecule has 0 unspecified atom stereocenters. The van der Waals surface area contributed by atoms with Crippen molar-refractivity contribution in [3.63, 3.8) is 0 Å². The molecular weight excluding hydrogens is 308 g/mol. The molecule has 2 rings (SSSR count). The van der Waals surface area contributed by atoms with Crippen LogP contribution in [0.4, 0.5) is 0 Å². The molecule has 0 aliphatic heterocycles. The Morgan fingerprint density at radius 3 is 2.09 bits per heavy atom. The van der Waals surface area contributed by atoms with Gasteiger partial charge in [0.05, 0.1) is 0 Å². The summed E-state index contributed by atoms with van der Waals surface area (Å²) < 4.78 is 11.9. The normalized spacial score (nSPS) is 12.3. The lowest BCUT2D eigenvalue weighted by Gasteiger charge is -2.24. The Morgan fingerprint density at radius 1 is 0.864 bits per heavy atom. The van der Waals surface area contributed by atoms with Crippen LogP contribution in [0.15, 0.2) is 36.4 Å². The second-order valence-corrected chi connectivity index (χ2v) is 16.2. The Morgan fingerprint density at radius 2 is 1.50 bits per heavy atom. The molecule has 0 radical (unpaired) electrons. The van der Waals surface area contributed by atoms with Crippen LogP contribution in [0, 0.1) is 0 Å². The molecular formula is C17H24O3Si2. The Hall–Kier alpha value is -1.60.